The first-order valence-electron chi connectivity index (χ1n) is 4.83. The van der Waals surface area contributed by atoms with Crippen LogP contribution < -0.4 is 0 Å². The SMILES string of the molecule is CC(C)c1nc2c(s1)CC(O)CC2. The van der Waals surface area contributed by atoms with Crippen molar-refractivity contribution in [2.24, 2.45) is 0 Å². The van der Waals surface area contributed by atoms with E-state index in [1.807, 2.05) is 0 Å². The van der Waals surface area contributed by atoms with Crippen LogP contribution in [-0.4, -0.2) is 16.2 Å². The first-order valence-corrected chi connectivity index (χ1v) is 5.65. The highest BCUT2D eigenvalue weighted by Gasteiger charge is 2.21. The second-order valence-electron chi connectivity index (χ2n) is 3.97. The van der Waals surface area contributed by atoms with Crippen molar-refractivity contribution in [3.8, 4) is 0 Å². The molecule has 0 amide bonds. The van der Waals surface area contributed by atoms with E-state index in [2.05, 4.69) is 18.8 Å². The average Bonchev–Trinajstić information content (AvgIpc) is 2.46. The summed E-state index contributed by atoms with van der Waals surface area (Å²) in [5, 5.41) is 10.7. The number of hydrogen-bond donors (Lipinski definition) is 1. The number of aryl methyl sites for hydroxylation is 1. The van der Waals surface area contributed by atoms with Crippen LogP contribution in [0, 0.1) is 0 Å². The van der Waals surface area contributed by atoms with Crippen LogP contribution in [0.15, 0.2) is 0 Å². The molecule has 72 valence electrons. The fourth-order valence-electron chi connectivity index (χ4n) is 1.62. The molecule has 0 saturated heterocycles. The molecule has 0 spiro atoms. The van der Waals surface area contributed by atoms with E-state index in [9.17, 15) is 5.11 Å². The van der Waals surface area contributed by atoms with Gasteiger partial charge in [0, 0.05) is 17.2 Å². The van der Waals surface area contributed by atoms with Gasteiger partial charge in [-0.15, -0.1) is 11.3 Å². The molecule has 1 aromatic heterocycles. The van der Waals surface area contributed by atoms with Crippen molar-refractivity contribution >= 4 is 11.3 Å². The zero-order valence-electron chi connectivity index (χ0n) is 8.08. The third kappa shape index (κ3) is 1.76. The highest BCUT2D eigenvalue weighted by atomic mass is 32.1. The predicted octanol–water partition coefficient (Wildman–Crippen LogP) is 2.12. The molecule has 3 heteroatoms. The summed E-state index contributed by atoms with van der Waals surface area (Å²) in [5.74, 6) is 0.521. The normalized spacial score (nSPS) is 22.0. The second kappa shape index (κ2) is 3.39. The number of rotatable bonds is 1. The van der Waals surface area contributed by atoms with E-state index >= 15 is 0 Å². The van der Waals surface area contributed by atoms with E-state index in [-0.39, 0.29) is 6.10 Å². The van der Waals surface area contributed by atoms with Gasteiger partial charge < -0.3 is 5.11 Å². The van der Waals surface area contributed by atoms with Crippen molar-refractivity contribution in [2.75, 3.05) is 0 Å². The van der Waals surface area contributed by atoms with Crippen LogP contribution in [0.25, 0.3) is 0 Å². The molecule has 13 heavy (non-hydrogen) atoms. The van der Waals surface area contributed by atoms with E-state index in [4.69, 9.17) is 0 Å². The zero-order valence-corrected chi connectivity index (χ0v) is 8.90. The van der Waals surface area contributed by atoms with Crippen LogP contribution in [0.2, 0.25) is 0 Å². The van der Waals surface area contributed by atoms with Gasteiger partial charge in [0.25, 0.3) is 0 Å². The molecule has 1 aromatic rings. The van der Waals surface area contributed by atoms with E-state index in [0.717, 1.165) is 19.3 Å². The first kappa shape index (κ1) is 9.16. The van der Waals surface area contributed by atoms with E-state index < -0.39 is 0 Å². The number of aliphatic hydroxyl groups excluding tert-OH is 1. The lowest BCUT2D eigenvalue weighted by Gasteiger charge is -2.14. The van der Waals surface area contributed by atoms with Gasteiger partial charge in [0.05, 0.1) is 16.8 Å². The average molecular weight is 197 g/mol. The molecule has 1 unspecified atom stereocenters. The van der Waals surface area contributed by atoms with Crippen molar-refractivity contribution < 1.29 is 5.11 Å². The van der Waals surface area contributed by atoms with Gasteiger partial charge in [-0.25, -0.2) is 4.98 Å². The topological polar surface area (TPSA) is 33.1 Å². The minimum Gasteiger partial charge on any atom is -0.393 e. The monoisotopic (exact) mass is 197 g/mol. The van der Waals surface area contributed by atoms with Gasteiger partial charge in [-0.1, -0.05) is 13.8 Å². The standard InChI is InChI=1S/C10H15NOS/c1-6(2)10-11-8-4-3-7(12)5-9(8)13-10/h6-7,12H,3-5H2,1-2H3. The molecule has 0 bridgehead atoms. The van der Waals surface area contributed by atoms with E-state index in [1.54, 1.807) is 11.3 Å². The van der Waals surface area contributed by atoms with Gasteiger partial charge in [-0.3, -0.25) is 0 Å². The Bertz CT molecular complexity index is 306. The second-order valence-corrected chi connectivity index (χ2v) is 5.09. The van der Waals surface area contributed by atoms with Gasteiger partial charge in [0.2, 0.25) is 0 Å². The van der Waals surface area contributed by atoms with Crippen LogP contribution >= 0.6 is 11.3 Å². The molecule has 1 heterocycles. The molecule has 1 N–H and O–H groups in total. The summed E-state index contributed by atoms with van der Waals surface area (Å²) >= 11 is 1.78. The number of hydrogen-bond acceptors (Lipinski definition) is 3. The first-order chi connectivity index (χ1) is 6.16. The highest BCUT2D eigenvalue weighted by Crippen LogP contribution is 2.30. The molecule has 0 radical (unpaired) electrons. The number of fused-ring (bicyclic) bond motifs is 1. The van der Waals surface area contributed by atoms with Crippen LogP contribution in [0.5, 0.6) is 0 Å². The molecule has 0 fully saturated rings. The summed E-state index contributed by atoms with van der Waals surface area (Å²) in [4.78, 5) is 5.90. The lowest BCUT2D eigenvalue weighted by atomic mass is 10.0. The van der Waals surface area contributed by atoms with Crippen molar-refractivity contribution in [3.05, 3.63) is 15.6 Å². The number of aliphatic hydroxyl groups is 1. The molecule has 1 aliphatic carbocycles. The van der Waals surface area contributed by atoms with Crippen molar-refractivity contribution in [2.45, 2.75) is 45.1 Å². The molecule has 0 saturated carbocycles. The fourth-order valence-corrected chi connectivity index (χ4v) is 2.81. The minimum atomic E-state index is -0.132. The Kier molecular flexibility index (Phi) is 2.39. The molecule has 2 rings (SSSR count). The van der Waals surface area contributed by atoms with Crippen LogP contribution in [0.4, 0.5) is 0 Å². The molecule has 1 atom stereocenters. The third-order valence-corrected chi connectivity index (χ3v) is 3.84. The van der Waals surface area contributed by atoms with Crippen molar-refractivity contribution in [3.63, 3.8) is 0 Å². The van der Waals surface area contributed by atoms with Crippen LogP contribution in [0.1, 0.15) is 41.8 Å². The predicted molar refractivity (Wildman–Crippen MR) is 54.2 cm³/mol. The quantitative estimate of drug-likeness (QED) is 0.748. The fraction of sp³-hybridized carbons (Fsp3) is 0.700. The van der Waals surface area contributed by atoms with Gasteiger partial charge in [0.15, 0.2) is 0 Å². The summed E-state index contributed by atoms with van der Waals surface area (Å²) in [5.41, 5.74) is 1.24. The van der Waals surface area contributed by atoms with Gasteiger partial charge in [0.1, 0.15) is 0 Å². The van der Waals surface area contributed by atoms with Crippen LogP contribution in [-0.2, 0) is 12.8 Å². The van der Waals surface area contributed by atoms with Crippen LogP contribution in [0.3, 0.4) is 0 Å². The van der Waals surface area contributed by atoms with Gasteiger partial charge in [-0.2, -0.15) is 0 Å². The summed E-state index contributed by atoms with van der Waals surface area (Å²) in [6.07, 6.45) is 2.53. The molecular formula is C10H15NOS. The maximum atomic E-state index is 9.48. The Morgan fingerprint density at radius 3 is 3.00 bits per heavy atom. The molecule has 2 nitrogen and oxygen atoms in total. The van der Waals surface area contributed by atoms with E-state index in [1.165, 1.54) is 15.6 Å². The Labute approximate surface area is 82.6 Å². The number of aromatic nitrogens is 1. The Morgan fingerprint density at radius 1 is 1.54 bits per heavy atom. The summed E-state index contributed by atoms with van der Waals surface area (Å²) in [7, 11) is 0. The van der Waals surface area contributed by atoms with Gasteiger partial charge >= 0.3 is 0 Å². The highest BCUT2D eigenvalue weighted by molar-refractivity contribution is 7.11. The maximum absolute atomic E-state index is 9.48. The minimum absolute atomic E-state index is 0.132. The van der Waals surface area contributed by atoms with Gasteiger partial charge in [-0.05, 0) is 12.8 Å². The molecular weight excluding hydrogens is 182 g/mol. The smallest absolute Gasteiger partial charge is 0.0956 e. The summed E-state index contributed by atoms with van der Waals surface area (Å²) in [6.45, 7) is 4.33. The zero-order chi connectivity index (χ0) is 9.42. The largest absolute Gasteiger partial charge is 0.393 e. The molecule has 0 aromatic carbocycles. The lowest BCUT2D eigenvalue weighted by Crippen LogP contribution is -2.17. The molecule has 0 aliphatic heterocycles. The lowest BCUT2D eigenvalue weighted by molar-refractivity contribution is 0.159. The summed E-state index contributed by atoms with van der Waals surface area (Å²) in [6, 6.07) is 0. The number of nitrogens with zero attached hydrogens (tertiary/aromatic N) is 1. The van der Waals surface area contributed by atoms with E-state index in [0.29, 0.717) is 5.92 Å². The Hall–Kier alpha value is -0.410. The third-order valence-electron chi connectivity index (χ3n) is 2.42. The number of thiazole rings is 1. The summed E-state index contributed by atoms with van der Waals surface area (Å²) < 4.78 is 0. The van der Waals surface area contributed by atoms with Crippen molar-refractivity contribution in [1.82, 2.24) is 4.98 Å². The Balaban J connectivity index is 2.28. The van der Waals surface area contributed by atoms with Crippen molar-refractivity contribution in [1.29, 1.82) is 0 Å². The maximum Gasteiger partial charge on any atom is 0.0956 e. The Morgan fingerprint density at radius 2 is 2.31 bits per heavy atom. The molecule has 1 aliphatic rings.